The number of carbonyl (C=O) groups excluding carboxylic acids is 4. The Morgan fingerprint density at radius 1 is 0.929 bits per heavy atom. The van der Waals surface area contributed by atoms with E-state index in [2.05, 4.69) is 16.6 Å². The zero-order valence-electron chi connectivity index (χ0n) is 25.1. The first-order valence-corrected chi connectivity index (χ1v) is 13.6. The predicted octanol–water partition coefficient (Wildman–Crippen LogP) is 3.12. The minimum absolute atomic E-state index is 0.124. The Morgan fingerprint density at radius 2 is 1.52 bits per heavy atom. The highest BCUT2D eigenvalue weighted by Crippen LogP contribution is 2.25. The van der Waals surface area contributed by atoms with Gasteiger partial charge < -0.3 is 30.1 Å². The van der Waals surface area contributed by atoms with Gasteiger partial charge >= 0.3 is 12.1 Å². The molecule has 0 radical (unpaired) electrons. The van der Waals surface area contributed by atoms with Crippen LogP contribution in [0.3, 0.4) is 0 Å². The Kier molecular flexibility index (Phi) is 12.1. The van der Waals surface area contributed by atoms with Crippen molar-refractivity contribution in [2.75, 3.05) is 19.7 Å². The Labute approximate surface area is 247 Å². The van der Waals surface area contributed by atoms with E-state index < -0.39 is 60.3 Å². The average Bonchev–Trinajstić information content (AvgIpc) is 2.90. The molecule has 0 fully saturated rings. The molecule has 226 valence electrons. The summed E-state index contributed by atoms with van der Waals surface area (Å²) in [4.78, 5) is 54.1. The maximum atomic E-state index is 14.1. The number of hydrogen-bond acceptors (Lipinski definition) is 7. The normalized spacial score (nSPS) is 12.7. The minimum Gasteiger partial charge on any atom is -0.458 e. The van der Waals surface area contributed by atoms with Crippen molar-refractivity contribution in [2.24, 2.45) is 0 Å². The molecule has 0 aliphatic heterocycles. The predicted molar refractivity (Wildman–Crippen MR) is 158 cm³/mol. The van der Waals surface area contributed by atoms with Gasteiger partial charge in [0.05, 0.1) is 6.61 Å². The Bertz CT molecular complexity index is 1270. The zero-order chi connectivity index (χ0) is 31.5. The fourth-order valence-electron chi connectivity index (χ4n) is 4.05. The second-order valence-corrected chi connectivity index (χ2v) is 11.6. The van der Waals surface area contributed by atoms with Gasteiger partial charge in [-0.25, -0.2) is 9.59 Å². The lowest BCUT2D eigenvalue weighted by Crippen LogP contribution is -2.53. The molecule has 2 atom stereocenters. The van der Waals surface area contributed by atoms with Crippen LogP contribution in [0, 0.1) is 12.3 Å². The number of alkyl carbamates (subject to hydrolysis) is 1. The lowest BCUT2D eigenvalue weighted by atomic mass is 9.97. The lowest BCUT2D eigenvalue weighted by Gasteiger charge is -2.33. The van der Waals surface area contributed by atoms with Crippen LogP contribution < -0.4 is 10.6 Å². The van der Waals surface area contributed by atoms with E-state index in [9.17, 15) is 24.3 Å². The summed E-state index contributed by atoms with van der Waals surface area (Å²) in [5, 5.41) is 15.0. The molecular formula is C32H41N3O7. The van der Waals surface area contributed by atoms with Gasteiger partial charge in [0.2, 0.25) is 11.8 Å². The molecular weight excluding hydrogens is 538 g/mol. The van der Waals surface area contributed by atoms with Gasteiger partial charge in [-0.3, -0.25) is 9.59 Å². The summed E-state index contributed by atoms with van der Waals surface area (Å²) in [5.41, 5.74) is -0.191. The third-order valence-electron chi connectivity index (χ3n) is 5.71. The van der Waals surface area contributed by atoms with E-state index in [1.165, 1.54) is 0 Å². The largest absolute Gasteiger partial charge is 0.458 e. The van der Waals surface area contributed by atoms with Crippen molar-refractivity contribution in [1.82, 2.24) is 15.5 Å². The molecule has 3 N–H and O–H groups in total. The number of ether oxygens (including phenoxy) is 2. The van der Waals surface area contributed by atoms with Gasteiger partial charge in [0.15, 0.2) is 0 Å². The summed E-state index contributed by atoms with van der Waals surface area (Å²) < 4.78 is 10.8. The Balaban J connectivity index is 2.48. The summed E-state index contributed by atoms with van der Waals surface area (Å²) in [6.45, 7) is 8.94. The Hall–Kier alpha value is -4.36. The van der Waals surface area contributed by atoms with Crippen molar-refractivity contribution in [3.05, 3.63) is 71.3 Å². The molecule has 0 saturated heterocycles. The molecule has 0 saturated carbocycles. The number of benzene rings is 2. The van der Waals surface area contributed by atoms with Gasteiger partial charge in [-0.2, -0.15) is 0 Å². The molecule has 0 aliphatic rings. The molecule has 0 spiro atoms. The number of terminal acetylenes is 1. The summed E-state index contributed by atoms with van der Waals surface area (Å²) in [5.74, 6) is 0.470. The van der Waals surface area contributed by atoms with Crippen molar-refractivity contribution < 1.29 is 33.8 Å². The number of hydrogen-bond donors (Lipinski definition) is 3. The molecule has 2 aromatic rings. The van der Waals surface area contributed by atoms with Gasteiger partial charge in [-0.15, -0.1) is 6.42 Å². The molecule has 10 nitrogen and oxygen atoms in total. The summed E-state index contributed by atoms with van der Waals surface area (Å²) in [6.07, 6.45) is 5.04. The van der Waals surface area contributed by atoms with Crippen molar-refractivity contribution in [2.45, 2.75) is 71.2 Å². The highest BCUT2D eigenvalue weighted by atomic mass is 16.6. The minimum atomic E-state index is -1.35. The number of nitrogens with one attached hydrogen (secondary N) is 2. The maximum absolute atomic E-state index is 14.1. The van der Waals surface area contributed by atoms with E-state index >= 15 is 0 Å². The smallest absolute Gasteiger partial charge is 0.408 e. The zero-order valence-corrected chi connectivity index (χ0v) is 25.1. The van der Waals surface area contributed by atoms with Gasteiger partial charge in [0.25, 0.3) is 0 Å². The number of aliphatic hydroxyl groups is 1. The second-order valence-electron chi connectivity index (χ2n) is 11.6. The quantitative estimate of drug-likeness (QED) is 0.275. The molecule has 0 heterocycles. The van der Waals surface area contributed by atoms with Crippen LogP contribution in [0.2, 0.25) is 0 Å². The maximum Gasteiger partial charge on any atom is 0.408 e. The molecule has 0 aliphatic carbocycles. The average molecular weight is 580 g/mol. The van der Waals surface area contributed by atoms with Crippen LogP contribution >= 0.6 is 0 Å². The first-order valence-electron chi connectivity index (χ1n) is 13.6. The molecule has 2 rings (SSSR count). The van der Waals surface area contributed by atoms with Crippen molar-refractivity contribution in [3.63, 3.8) is 0 Å². The van der Waals surface area contributed by atoms with Crippen LogP contribution in [0.25, 0.3) is 0 Å². The summed E-state index contributed by atoms with van der Waals surface area (Å²) in [6, 6.07) is 13.2. The van der Waals surface area contributed by atoms with Gasteiger partial charge in [-0.1, -0.05) is 54.5 Å². The third kappa shape index (κ3) is 10.9. The number of amides is 3. The van der Waals surface area contributed by atoms with E-state index in [-0.39, 0.29) is 13.0 Å². The first kappa shape index (κ1) is 33.8. The van der Waals surface area contributed by atoms with Crippen LogP contribution in [0.5, 0.6) is 0 Å². The van der Waals surface area contributed by atoms with E-state index in [4.69, 9.17) is 15.9 Å². The Morgan fingerprint density at radius 3 is 2.10 bits per heavy atom. The topological polar surface area (TPSA) is 134 Å². The molecule has 2 unspecified atom stereocenters. The van der Waals surface area contributed by atoms with Crippen LogP contribution in [-0.4, -0.2) is 70.8 Å². The van der Waals surface area contributed by atoms with Gasteiger partial charge in [0.1, 0.15) is 29.8 Å². The first-order chi connectivity index (χ1) is 19.6. The van der Waals surface area contributed by atoms with Gasteiger partial charge in [0, 0.05) is 18.5 Å². The lowest BCUT2D eigenvalue weighted by molar-refractivity contribution is -0.159. The van der Waals surface area contributed by atoms with Gasteiger partial charge in [-0.05, 0) is 58.7 Å². The monoisotopic (exact) mass is 579 g/mol. The summed E-state index contributed by atoms with van der Waals surface area (Å²) in [7, 11) is 0. The van der Waals surface area contributed by atoms with Crippen LogP contribution in [0.4, 0.5) is 4.79 Å². The number of esters is 1. The third-order valence-corrected chi connectivity index (χ3v) is 5.71. The highest BCUT2D eigenvalue weighted by Gasteiger charge is 2.36. The fraction of sp³-hybridized carbons (Fsp3) is 0.438. The molecule has 42 heavy (non-hydrogen) atoms. The molecule has 2 aromatic carbocycles. The number of aliphatic hydroxyl groups excluding tert-OH is 1. The van der Waals surface area contributed by atoms with Crippen molar-refractivity contribution in [3.8, 4) is 12.3 Å². The number of rotatable bonds is 11. The number of carbonyl (C=O) groups is 4. The SMILES string of the molecule is C#Cc1ccccc1C(C(=O)NC(Cc1ccccc1)C(=O)OC(C)(C)C)N(CCO)C(=O)CNC(=O)OC(C)(C)C. The summed E-state index contributed by atoms with van der Waals surface area (Å²) >= 11 is 0. The van der Waals surface area contributed by atoms with Crippen LogP contribution in [0.1, 0.15) is 64.3 Å². The van der Waals surface area contributed by atoms with E-state index in [0.717, 1.165) is 10.5 Å². The van der Waals surface area contributed by atoms with E-state index in [0.29, 0.717) is 11.1 Å². The van der Waals surface area contributed by atoms with Crippen LogP contribution in [0.15, 0.2) is 54.6 Å². The van der Waals surface area contributed by atoms with E-state index in [1.807, 2.05) is 30.3 Å². The molecule has 0 bridgehead atoms. The molecule has 3 amide bonds. The molecule has 10 heteroatoms. The second kappa shape index (κ2) is 15.0. The van der Waals surface area contributed by atoms with E-state index in [1.54, 1.807) is 65.8 Å². The van der Waals surface area contributed by atoms with Crippen molar-refractivity contribution >= 4 is 23.9 Å². The highest BCUT2D eigenvalue weighted by molar-refractivity contribution is 5.93. The number of nitrogens with zero attached hydrogens (tertiary/aromatic N) is 1. The standard InChI is InChI=1S/C32H41N3O7/c1-8-23-16-12-13-17-24(23)27(35(18-19-36)26(37)21-33-30(40)42-32(5,6)7)28(38)34-25(29(39)41-31(2,3)4)20-22-14-10-9-11-15-22/h1,9-17,25,27,36H,18-21H2,2-7H3,(H,33,40)(H,34,38). The fourth-order valence-corrected chi connectivity index (χ4v) is 4.05. The van der Waals surface area contributed by atoms with Crippen LogP contribution in [-0.2, 0) is 30.3 Å². The molecule has 0 aromatic heterocycles. The van der Waals surface area contributed by atoms with Crippen molar-refractivity contribution in [1.29, 1.82) is 0 Å².